The Hall–Kier alpha value is -4.27. The molecular weight excluding hydrogens is 519 g/mol. The van der Waals surface area contributed by atoms with Crippen LogP contribution in [0.15, 0.2) is 53.5 Å². The lowest BCUT2D eigenvalue weighted by molar-refractivity contribution is -0.134. The highest BCUT2D eigenvalue weighted by molar-refractivity contribution is 7.16. The number of rotatable bonds is 6. The molecule has 0 atom stereocenters. The molecule has 1 saturated heterocycles. The highest BCUT2D eigenvalue weighted by Gasteiger charge is 2.23. The number of aliphatic hydroxyl groups excluding tert-OH is 1. The van der Waals surface area contributed by atoms with Gasteiger partial charge in [0.25, 0.3) is 5.56 Å². The van der Waals surface area contributed by atoms with Gasteiger partial charge >= 0.3 is 0 Å². The van der Waals surface area contributed by atoms with Crippen molar-refractivity contribution in [2.45, 2.75) is 13.5 Å². The van der Waals surface area contributed by atoms with Gasteiger partial charge in [-0.2, -0.15) is 5.26 Å². The van der Waals surface area contributed by atoms with E-state index in [0.29, 0.717) is 59.4 Å². The zero-order valence-corrected chi connectivity index (χ0v) is 22.4. The summed E-state index contributed by atoms with van der Waals surface area (Å²) in [6.45, 7) is 4.11. The van der Waals surface area contributed by atoms with Crippen LogP contribution in [0.2, 0.25) is 0 Å². The van der Waals surface area contributed by atoms with Gasteiger partial charge in [0.15, 0.2) is 5.13 Å². The molecule has 1 amide bonds. The fourth-order valence-corrected chi connectivity index (χ4v) is 5.67. The zero-order chi connectivity index (χ0) is 27.7. The third-order valence-electron chi connectivity index (χ3n) is 7.01. The maximum absolute atomic E-state index is 13.5. The average Bonchev–Trinajstić information content (AvgIpc) is 3.41. The number of aromatic nitrogens is 2. The maximum atomic E-state index is 13.5. The molecule has 5 rings (SSSR count). The fourth-order valence-electron chi connectivity index (χ4n) is 4.81. The molecular formula is C28H27FN6O3S. The maximum Gasteiger partial charge on any atom is 0.258 e. The molecule has 4 aromatic rings. The van der Waals surface area contributed by atoms with E-state index in [9.17, 15) is 19.2 Å². The summed E-state index contributed by atoms with van der Waals surface area (Å²) in [5.74, 6) is -0.646. The van der Waals surface area contributed by atoms with Crippen molar-refractivity contribution in [1.82, 2.24) is 14.5 Å². The number of piperazine rings is 1. The van der Waals surface area contributed by atoms with Crippen LogP contribution in [0.1, 0.15) is 11.8 Å². The van der Waals surface area contributed by atoms with Gasteiger partial charge in [-0.1, -0.05) is 11.3 Å². The topological polar surface area (TPSA) is 106 Å². The van der Waals surface area contributed by atoms with Crippen molar-refractivity contribution in [2.75, 3.05) is 49.6 Å². The fraction of sp³-hybridized carbons (Fsp3) is 0.286. The molecule has 2 aromatic carbocycles. The van der Waals surface area contributed by atoms with Crippen molar-refractivity contribution in [3.05, 3.63) is 69.7 Å². The zero-order valence-electron chi connectivity index (χ0n) is 21.6. The van der Waals surface area contributed by atoms with Gasteiger partial charge in [-0.15, -0.1) is 0 Å². The van der Waals surface area contributed by atoms with Crippen molar-refractivity contribution >= 4 is 44.5 Å². The van der Waals surface area contributed by atoms with Crippen molar-refractivity contribution in [2.24, 2.45) is 0 Å². The summed E-state index contributed by atoms with van der Waals surface area (Å²) in [5.41, 5.74) is 2.71. The predicted molar refractivity (Wildman–Crippen MR) is 150 cm³/mol. The molecule has 2 aromatic heterocycles. The normalized spacial score (nSPS) is 13.5. The number of thiazole rings is 1. The number of hydrogen-bond acceptors (Lipinski definition) is 8. The molecule has 0 saturated carbocycles. The van der Waals surface area contributed by atoms with Crippen LogP contribution in [0.3, 0.4) is 0 Å². The molecule has 0 aliphatic carbocycles. The third-order valence-corrected chi connectivity index (χ3v) is 8.04. The van der Waals surface area contributed by atoms with Gasteiger partial charge in [0.2, 0.25) is 5.91 Å². The number of benzene rings is 2. The van der Waals surface area contributed by atoms with E-state index >= 15 is 0 Å². The summed E-state index contributed by atoms with van der Waals surface area (Å²) < 4.78 is 15.1. The number of nitriles is 1. The number of aliphatic hydroxyl groups is 1. The molecule has 1 fully saturated rings. The van der Waals surface area contributed by atoms with Crippen LogP contribution in [0.5, 0.6) is 0 Å². The molecule has 3 heterocycles. The van der Waals surface area contributed by atoms with E-state index < -0.39 is 6.61 Å². The summed E-state index contributed by atoms with van der Waals surface area (Å²) in [6.07, 6.45) is 1.80. The number of amides is 1. The Morgan fingerprint density at radius 1 is 1.15 bits per heavy atom. The van der Waals surface area contributed by atoms with Gasteiger partial charge in [-0.3, -0.25) is 9.59 Å². The van der Waals surface area contributed by atoms with Gasteiger partial charge in [-0.25, -0.2) is 9.37 Å². The molecule has 0 spiro atoms. The highest BCUT2D eigenvalue weighted by atomic mass is 32.1. The molecule has 11 heteroatoms. The first-order chi connectivity index (χ1) is 18.8. The summed E-state index contributed by atoms with van der Waals surface area (Å²) >= 11 is 1.23. The molecule has 0 bridgehead atoms. The lowest BCUT2D eigenvalue weighted by Gasteiger charge is -2.36. The van der Waals surface area contributed by atoms with E-state index in [0.717, 1.165) is 16.8 Å². The molecule has 1 aliphatic heterocycles. The predicted octanol–water partition coefficient (Wildman–Crippen LogP) is 3.56. The third kappa shape index (κ3) is 4.96. The molecule has 1 N–H and O–H groups in total. The molecule has 0 unspecified atom stereocenters. The minimum Gasteiger partial charge on any atom is -0.387 e. The Morgan fingerprint density at radius 2 is 1.87 bits per heavy atom. The monoisotopic (exact) mass is 546 g/mol. The Kier molecular flexibility index (Phi) is 7.32. The van der Waals surface area contributed by atoms with Crippen molar-refractivity contribution < 1.29 is 14.3 Å². The molecule has 0 radical (unpaired) electrons. The standard InChI is InChI=1S/C28H27FN6O3S/c1-3-33-16-23(32(2)28-31-26(24(15-30)39-28)18-4-6-19(29)7-5-18)22-14-20(8-9-21(22)27(33)38)34-10-12-35(13-11-34)25(37)17-36/h4-9,14,16,36H,3,10-13,17H2,1-2H3. The van der Waals surface area contributed by atoms with E-state index in [1.54, 1.807) is 27.8 Å². The van der Waals surface area contributed by atoms with Crippen LogP contribution in [0, 0.1) is 17.1 Å². The number of pyridine rings is 1. The largest absolute Gasteiger partial charge is 0.387 e. The quantitative estimate of drug-likeness (QED) is 0.394. The summed E-state index contributed by atoms with van der Waals surface area (Å²) in [5, 5.41) is 20.8. The van der Waals surface area contributed by atoms with Crippen molar-refractivity contribution in [3.8, 4) is 17.3 Å². The summed E-state index contributed by atoms with van der Waals surface area (Å²) in [4.78, 5) is 35.9. The van der Waals surface area contributed by atoms with Crippen molar-refractivity contribution in [1.29, 1.82) is 5.26 Å². The van der Waals surface area contributed by atoms with E-state index in [1.807, 2.05) is 37.1 Å². The van der Waals surface area contributed by atoms with Crippen LogP contribution in [0.4, 0.5) is 20.9 Å². The van der Waals surface area contributed by atoms with Gasteiger partial charge < -0.3 is 24.4 Å². The average molecular weight is 547 g/mol. The van der Waals surface area contributed by atoms with Gasteiger partial charge in [0.05, 0.1) is 5.69 Å². The smallest absolute Gasteiger partial charge is 0.258 e. The van der Waals surface area contributed by atoms with Crippen LogP contribution < -0.4 is 15.4 Å². The molecule has 200 valence electrons. The van der Waals surface area contributed by atoms with Crippen LogP contribution in [-0.4, -0.2) is 65.3 Å². The van der Waals surface area contributed by atoms with E-state index in [2.05, 4.69) is 11.0 Å². The summed E-state index contributed by atoms with van der Waals surface area (Å²) in [7, 11) is 1.85. The number of carbonyl (C=O) groups excluding carboxylic acids is 1. The molecule has 39 heavy (non-hydrogen) atoms. The Labute approximate surface area is 228 Å². The number of hydrogen-bond donors (Lipinski definition) is 1. The number of fused-ring (bicyclic) bond motifs is 1. The second-order valence-electron chi connectivity index (χ2n) is 9.21. The highest BCUT2D eigenvalue weighted by Crippen LogP contribution is 2.38. The second kappa shape index (κ2) is 10.8. The first-order valence-electron chi connectivity index (χ1n) is 12.6. The molecule has 1 aliphatic rings. The Balaban J connectivity index is 1.56. The first kappa shape index (κ1) is 26.3. The number of halogens is 1. The number of anilines is 3. The number of carbonyl (C=O) groups is 1. The summed E-state index contributed by atoms with van der Waals surface area (Å²) in [6, 6.07) is 13.8. The van der Waals surface area contributed by atoms with Crippen LogP contribution in [0.25, 0.3) is 22.0 Å². The number of aryl methyl sites for hydroxylation is 1. The SMILES string of the molecule is CCn1cc(N(C)c2nc(-c3ccc(F)cc3)c(C#N)s2)c2cc(N3CCN(C(=O)CO)CC3)ccc2c1=O. The molecule has 9 nitrogen and oxygen atoms in total. The van der Waals surface area contributed by atoms with Gasteiger partial charge in [-0.05, 0) is 49.4 Å². The number of nitrogens with zero attached hydrogens (tertiary/aromatic N) is 6. The van der Waals surface area contributed by atoms with E-state index in [-0.39, 0.29) is 17.3 Å². The van der Waals surface area contributed by atoms with E-state index in [1.165, 1.54) is 23.5 Å². The van der Waals surface area contributed by atoms with Gasteiger partial charge in [0.1, 0.15) is 29.1 Å². The Bertz CT molecular complexity index is 1630. The first-order valence-corrected chi connectivity index (χ1v) is 13.4. The van der Waals surface area contributed by atoms with E-state index in [4.69, 9.17) is 10.1 Å². The minimum atomic E-state index is -0.498. The van der Waals surface area contributed by atoms with Crippen LogP contribution >= 0.6 is 11.3 Å². The minimum absolute atomic E-state index is 0.0987. The van der Waals surface area contributed by atoms with Crippen LogP contribution in [-0.2, 0) is 11.3 Å². The lowest BCUT2D eigenvalue weighted by atomic mass is 10.1. The van der Waals surface area contributed by atoms with Gasteiger partial charge in [0, 0.05) is 68.0 Å². The Morgan fingerprint density at radius 3 is 2.51 bits per heavy atom. The second-order valence-corrected chi connectivity index (χ2v) is 10.2. The van der Waals surface area contributed by atoms with Crippen molar-refractivity contribution in [3.63, 3.8) is 0 Å². The lowest BCUT2D eigenvalue weighted by Crippen LogP contribution is -2.49.